The zero-order valence-electron chi connectivity index (χ0n) is 17.1. The van der Waals surface area contributed by atoms with Crippen molar-refractivity contribution in [3.8, 4) is 0 Å². The van der Waals surface area contributed by atoms with Crippen LogP contribution in [0.1, 0.15) is 84.9 Å². The smallest absolute Gasteiger partial charge is 0.338 e. The molecule has 2 aliphatic rings. The number of esters is 2. The zero-order chi connectivity index (χ0) is 22.2. The summed E-state index contributed by atoms with van der Waals surface area (Å²) in [7, 11) is 0. The van der Waals surface area contributed by atoms with Crippen LogP contribution in [0.2, 0.25) is 0 Å². The highest BCUT2D eigenvalue weighted by Gasteiger charge is 2.13. The Bertz CT molecular complexity index is 622. The Kier molecular flexibility index (Phi) is 12.6. The third kappa shape index (κ3) is 11.8. The SMILES string of the molecule is O=C(O)CCCCCCCCCCC(=O)O.O=C1OCCOC(=O)c2ccc1cc2. The molecule has 1 aromatic carbocycles. The van der Waals surface area contributed by atoms with Gasteiger partial charge in [-0.05, 0) is 37.1 Å². The van der Waals surface area contributed by atoms with Crippen LogP contribution in [0, 0.1) is 0 Å². The highest BCUT2D eigenvalue weighted by atomic mass is 16.6. The van der Waals surface area contributed by atoms with Crippen LogP contribution < -0.4 is 0 Å². The Hall–Kier alpha value is -2.90. The number of carboxylic acid groups (broad SMARTS) is 2. The first-order chi connectivity index (χ1) is 14.4. The lowest BCUT2D eigenvalue weighted by Crippen LogP contribution is -2.16. The number of ether oxygens (including phenoxy) is 2. The molecule has 0 aliphatic carbocycles. The maximum atomic E-state index is 11.3. The summed E-state index contributed by atoms with van der Waals surface area (Å²) in [5.41, 5.74) is 0.895. The van der Waals surface area contributed by atoms with Gasteiger partial charge in [0.05, 0.1) is 11.1 Å². The van der Waals surface area contributed by atoms with Crippen LogP contribution in [0.4, 0.5) is 0 Å². The molecule has 0 atom stereocenters. The molecule has 166 valence electrons. The lowest BCUT2D eigenvalue weighted by Gasteiger charge is -2.09. The summed E-state index contributed by atoms with van der Waals surface area (Å²) < 4.78 is 9.66. The molecule has 0 saturated carbocycles. The van der Waals surface area contributed by atoms with Gasteiger partial charge in [0.25, 0.3) is 0 Å². The van der Waals surface area contributed by atoms with Crippen molar-refractivity contribution in [2.45, 2.75) is 64.2 Å². The second-order valence-corrected chi connectivity index (χ2v) is 6.97. The van der Waals surface area contributed by atoms with Crippen molar-refractivity contribution in [2.24, 2.45) is 0 Å². The van der Waals surface area contributed by atoms with E-state index >= 15 is 0 Å². The molecule has 0 spiro atoms. The van der Waals surface area contributed by atoms with Gasteiger partial charge in [0.2, 0.25) is 0 Å². The van der Waals surface area contributed by atoms with Crippen molar-refractivity contribution in [1.82, 2.24) is 0 Å². The van der Waals surface area contributed by atoms with Crippen LogP contribution in [0.15, 0.2) is 24.3 Å². The van der Waals surface area contributed by atoms with E-state index in [2.05, 4.69) is 0 Å². The van der Waals surface area contributed by atoms with Gasteiger partial charge >= 0.3 is 23.9 Å². The fourth-order valence-corrected chi connectivity index (χ4v) is 2.79. The van der Waals surface area contributed by atoms with E-state index in [4.69, 9.17) is 19.7 Å². The normalized spacial score (nSPS) is 12.9. The maximum Gasteiger partial charge on any atom is 0.338 e. The summed E-state index contributed by atoms with van der Waals surface area (Å²) in [6.45, 7) is 0.200. The summed E-state index contributed by atoms with van der Waals surface area (Å²) in [5, 5.41) is 16.8. The van der Waals surface area contributed by atoms with Crippen LogP contribution in [-0.2, 0) is 19.1 Å². The molecule has 2 N–H and O–H groups in total. The predicted octanol–water partition coefficient (Wildman–Crippen LogP) is 4.07. The zero-order valence-corrected chi connectivity index (χ0v) is 17.1. The van der Waals surface area contributed by atoms with Gasteiger partial charge in [-0.25, -0.2) is 9.59 Å². The van der Waals surface area contributed by atoms with Crippen LogP contribution in [-0.4, -0.2) is 47.3 Å². The summed E-state index contributed by atoms with van der Waals surface area (Å²) in [4.78, 5) is 42.9. The van der Waals surface area contributed by atoms with Gasteiger partial charge < -0.3 is 19.7 Å². The van der Waals surface area contributed by atoms with Gasteiger partial charge in [0.15, 0.2) is 0 Å². The van der Waals surface area contributed by atoms with Crippen LogP contribution >= 0.6 is 0 Å². The van der Waals surface area contributed by atoms with Gasteiger partial charge in [0.1, 0.15) is 13.2 Å². The first-order valence-corrected chi connectivity index (χ1v) is 10.3. The second-order valence-electron chi connectivity index (χ2n) is 6.97. The number of benzene rings is 1. The minimum absolute atomic E-state index is 0.100. The minimum atomic E-state index is -0.714. The van der Waals surface area contributed by atoms with E-state index in [1.165, 1.54) is 0 Å². The third-order valence-corrected chi connectivity index (χ3v) is 4.44. The van der Waals surface area contributed by atoms with Crippen molar-refractivity contribution in [1.29, 1.82) is 0 Å². The Balaban J connectivity index is 0.000000301. The van der Waals surface area contributed by atoms with E-state index in [-0.39, 0.29) is 26.1 Å². The topological polar surface area (TPSA) is 127 Å². The molecular formula is C22H30O8. The summed E-state index contributed by atoms with van der Waals surface area (Å²) >= 11 is 0. The number of unbranched alkanes of at least 4 members (excludes halogenated alkanes) is 7. The molecule has 1 aromatic rings. The van der Waals surface area contributed by atoms with Gasteiger partial charge in [-0.1, -0.05) is 38.5 Å². The molecule has 0 radical (unpaired) electrons. The van der Waals surface area contributed by atoms with Crippen molar-refractivity contribution >= 4 is 23.9 Å². The fourth-order valence-electron chi connectivity index (χ4n) is 2.79. The van der Waals surface area contributed by atoms with Crippen LogP contribution in [0.3, 0.4) is 0 Å². The molecule has 0 amide bonds. The molecular weight excluding hydrogens is 392 g/mol. The van der Waals surface area contributed by atoms with Gasteiger partial charge in [-0.2, -0.15) is 0 Å². The van der Waals surface area contributed by atoms with E-state index in [1.807, 2.05) is 0 Å². The average molecular weight is 422 g/mol. The molecule has 2 heterocycles. The molecule has 30 heavy (non-hydrogen) atoms. The Labute approximate surface area is 176 Å². The summed E-state index contributed by atoms with van der Waals surface area (Å²) in [6, 6.07) is 6.18. The fraction of sp³-hybridized carbons (Fsp3) is 0.545. The number of carbonyl (C=O) groups is 4. The van der Waals surface area contributed by atoms with E-state index in [9.17, 15) is 19.2 Å². The monoisotopic (exact) mass is 422 g/mol. The summed E-state index contributed by atoms with van der Waals surface area (Å²) in [6.07, 6.45) is 8.51. The van der Waals surface area contributed by atoms with Gasteiger partial charge in [0, 0.05) is 12.8 Å². The average Bonchev–Trinajstić information content (AvgIpc) is 2.72. The standard InChI is InChI=1S/C12H22O4.C10H8O4/c13-11(14)9-7-5-3-1-2-4-6-8-10-12(15)16;11-9-7-1-2-8(4-3-7)10(12)14-6-5-13-9/h1-10H2,(H,13,14)(H,15,16);1-4H,5-6H2. The van der Waals surface area contributed by atoms with Crippen molar-refractivity contribution in [3.05, 3.63) is 35.4 Å². The molecule has 0 fully saturated rings. The first-order valence-electron chi connectivity index (χ1n) is 10.3. The largest absolute Gasteiger partial charge is 0.481 e. The maximum absolute atomic E-state index is 11.3. The Morgan fingerprint density at radius 2 is 0.933 bits per heavy atom. The van der Waals surface area contributed by atoms with Gasteiger partial charge in [-0.3, -0.25) is 9.59 Å². The van der Waals surface area contributed by atoms with E-state index in [1.54, 1.807) is 24.3 Å². The Morgan fingerprint density at radius 3 is 1.23 bits per heavy atom. The number of hydrogen-bond acceptors (Lipinski definition) is 6. The molecule has 8 heteroatoms. The molecule has 3 rings (SSSR count). The van der Waals surface area contributed by atoms with Crippen molar-refractivity contribution in [3.63, 3.8) is 0 Å². The lowest BCUT2D eigenvalue weighted by molar-refractivity contribution is -0.138. The molecule has 2 aliphatic heterocycles. The highest BCUT2D eigenvalue weighted by Crippen LogP contribution is 2.11. The minimum Gasteiger partial charge on any atom is -0.481 e. The third-order valence-electron chi connectivity index (χ3n) is 4.44. The van der Waals surface area contributed by atoms with Crippen LogP contribution in [0.25, 0.3) is 0 Å². The number of aliphatic carboxylic acids is 2. The number of carboxylic acids is 2. The van der Waals surface area contributed by atoms with E-state index in [0.29, 0.717) is 11.1 Å². The van der Waals surface area contributed by atoms with Gasteiger partial charge in [-0.15, -0.1) is 0 Å². The van der Waals surface area contributed by atoms with Crippen LogP contribution in [0.5, 0.6) is 0 Å². The quantitative estimate of drug-likeness (QED) is 0.403. The second kappa shape index (κ2) is 15.0. The highest BCUT2D eigenvalue weighted by molar-refractivity contribution is 5.93. The van der Waals surface area contributed by atoms with E-state index in [0.717, 1.165) is 51.4 Å². The first kappa shape index (κ1) is 25.1. The molecule has 0 unspecified atom stereocenters. The van der Waals surface area contributed by atoms with E-state index < -0.39 is 23.9 Å². The van der Waals surface area contributed by atoms with Crippen molar-refractivity contribution in [2.75, 3.05) is 13.2 Å². The summed E-state index contributed by atoms with van der Waals surface area (Å²) in [5.74, 6) is -2.22. The number of rotatable bonds is 11. The molecule has 2 bridgehead atoms. The number of fused-ring (bicyclic) bond motifs is 7. The van der Waals surface area contributed by atoms with Crippen molar-refractivity contribution < 1.29 is 38.9 Å². The number of carbonyl (C=O) groups excluding carboxylic acids is 2. The molecule has 0 saturated heterocycles. The molecule has 0 aromatic heterocycles. The predicted molar refractivity (Wildman–Crippen MR) is 108 cm³/mol. The lowest BCUT2D eigenvalue weighted by atomic mass is 10.1. The molecule has 8 nitrogen and oxygen atoms in total. The number of hydrogen-bond donors (Lipinski definition) is 2. The Morgan fingerprint density at radius 1 is 0.633 bits per heavy atom.